The molecule has 0 N–H and O–H groups in total. The lowest BCUT2D eigenvalue weighted by molar-refractivity contribution is -0.141. The van der Waals surface area contributed by atoms with Crippen LogP contribution in [0.5, 0.6) is 5.75 Å². The predicted molar refractivity (Wildman–Crippen MR) is 102 cm³/mol. The predicted octanol–water partition coefficient (Wildman–Crippen LogP) is 3.87. The van der Waals surface area contributed by atoms with Crippen molar-refractivity contribution in [3.05, 3.63) is 60.7 Å². The first-order chi connectivity index (χ1) is 12.0. The number of hydrogen-bond donors (Lipinski definition) is 0. The van der Waals surface area contributed by atoms with Crippen molar-refractivity contribution in [2.24, 2.45) is 0 Å². The van der Waals surface area contributed by atoms with Crippen molar-refractivity contribution in [1.82, 2.24) is 4.90 Å². The molecule has 0 fully saturated rings. The second-order valence-corrected chi connectivity index (χ2v) is 6.02. The molecule has 25 heavy (non-hydrogen) atoms. The van der Waals surface area contributed by atoms with Crippen LogP contribution in [-0.4, -0.2) is 44.7 Å². The van der Waals surface area contributed by atoms with Crippen LogP contribution in [0.25, 0.3) is 16.7 Å². The molecule has 0 saturated heterocycles. The van der Waals surface area contributed by atoms with Gasteiger partial charge in [-0.15, -0.1) is 0 Å². The number of benzene rings is 2. The smallest absolute Gasteiger partial charge is 0.319 e. The van der Waals surface area contributed by atoms with E-state index in [0.717, 1.165) is 28.0 Å². The Bertz CT molecular complexity index is 725. The van der Waals surface area contributed by atoms with E-state index in [0.29, 0.717) is 13.2 Å². The maximum absolute atomic E-state index is 11.3. The van der Waals surface area contributed by atoms with Crippen molar-refractivity contribution in [2.75, 3.05) is 33.9 Å². The Balaban J connectivity index is 2.05. The van der Waals surface area contributed by atoms with E-state index in [9.17, 15) is 4.79 Å². The van der Waals surface area contributed by atoms with Gasteiger partial charge in [0.25, 0.3) is 0 Å². The molecule has 0 aliphatic heterocycles. The molecule has 0 heterocycles. The van der Waals surface area contributed by atoms with Gasteiger partial charge < -0.3 is 9.47 Å². The van der Waals surface area contributed by atoms with Crippen LogP contribution in [0.15, 0.2) is 55.1 Å². The Labute approximate surface area is 149 Å². The molecule has 0 bridgehead atoms. The number of carbonyl (C=O) groups is 1. The van der Waals surface area contributed by atoms with Gasteiger partial charge in [-0.05, 0) is 42.8 Å². The summed E-state index contributed by atoms with van der Waals surface area (Å²) in [5.41, 5.74) is 4.25. The molecule has 0 saturated carbocycles. The summed E-state index contributed by atoms with van der Waals surface area (Å²) in [5.74, 6) is 0.552. The van der Waals surface area contributed by atoms with Crippen LogP contribution in [0, 0.1) is 0 Å². The first-order valence-electron chi connectivity index (χ1n) is 8.24. The Morgan fingerprint density at radius 2 is 1.84 bits per heavy atom. The van der Waals surface area contributed by atoms with Crippen LogP contribution in [0.4, 0.5) is 0 Å². The van der Waals surface area contributed by atoms with E-state index < -0.39 is 0 Å². The molecule has 0 radical (unpaired) electrons. The second-order valence-electron chi connectivity index (χ2n) is 6.02. The molecule has 0 aliphatic carbocycles. The number of methoxy groups -OCH3 is 1. The van der Waals surface area contributed by atoms with Gasteiger partial charge in [-0.3, -0.25) is 9.69 Å². The molecule has 4 nitrogen and oxygen atoms in total. The minimum atomic E-state index is -0.252. The largest absolute Gasteiger partial charge is 0.492 e. The number of carbonyl (C=O) groups excluding carboxylic acids is 1. The lowest BCUT2D eigenvalue weighted by Crippen LogP contribution is -2.30. The van der Waals surface area contributed by atoms with E-state index in [1.807, 2.05) is 43.1 Å². The summed E-state index contributed by atoms with van der Waals surface area (Å²) in [7, 11) is 3.25. The van der Waals surface area contributed by atoms with Gasteiger partial charge in [0.2, 0.25) is 0 Å². The van der Waals surface area contributed by atoms with Crippen LogP contribution >= 0.6 is 0 Å². The highest BCUT2D eigenvalue weighted by Gasteiger charge is 2.09. The quantitative estimate of drug-likeness (QED) is 0.685. The van der Waals surface area contributed by atoms with Crippen molar-refractivity contribution in [2.45, 2.75) is 6.92 Å². The molecule has 0 spiro atoms. The minimum Gasteiger partial charge on any atom is -0.492 e. The number of ether oxygens (including phenoxy) is 2. The van der Waals surface area contributed by atoms with Gasteiger partial charge in [0.05, 0.1) is 13.7 Å². The summed E-state index contributed by atoms with van der Waals surface area (Å²) in [6, 6.07) is 16.4. The van der Waals surface area contributed by atoms with Crippen molar-refractivity contribution >= 4 is 11.5 Å². The van der Waals surface area contributed by atoms with E-state index in [4.69, 9.17) is 4.74 Å². The number of esters is 1. The summed E-state index contributed by atoms with van der Waals surface area (Å²) in [5, 5.41) is 0. The van der Waals surface area contributed by atoms with Gasteiger partial charge in [0.1, 0.15) is 12.4 Å². The van der Waals surface area contributed by atoms with Gasteiger partial charge >= 0.3 is 5.97 Å². The van der Waals surface area contributed by atoms with E-state index in [1.165, 1.54) is 7.11 Å². The third-order valence-electron chi connectivity index (χ3n) is 3.90. The average molecular weight is 339 g/mol. The van der Waals surface area contributed by atoms with Gasteiger partial charge in [0.15, 0.2) is 0 Å². The fraction of sp³-hybridized carbons (Fsp3) is 0.286. The van der Waals surface area contributed by atoms with Gasteiger partial charge in [0, 0.05) is 12.1 Å². The van der Waals surface area contributed by atoms with E-state index in [1.54, 1.807) is 0 Å². The fourth-order valence-corrected chi connectivity index (χ4v) is 2.47. The van der Waals surface area contributed by atoms with Crippen molar-refractivity contribution in [3.63, 3.8) is 0 Å². The molecule has 2 rings (SSSR count). The number of nitrogens with zero attached hydrogens (tertiary/aromatic N) is 1. The number of hydrogen-bond acceptors (Lipinski definition) is 4. The molecule has 0 aliphatic rings. The highest BCUT2D eigenvalue weighted by Crippen LogP contribution is 2.30. The van der Waals surface area contributed by atoms with Crippen molar-refractivity contribution in [3.8, 4) is 16.9 Å². The highest BCUT2D eigenvalue weighted by molar-refractivity contribution is 5.74. The summed E-state index contributed by atoms with van der Waals surface area (Å²) < 4.78 is 10.6. The SMILES string of the molecule is C=C(C)c1cc(-c2ccccc2)ccc1OCCN(C)CC(=O)OC. The Morgan fingerprint density at radius 1 is 1.12 bits per heavy atom. The topological polar surface area (TPSA) is 38.8 Å². The molecular weight excluding hydrogens is 314 g/mol. The minimum absolute atomic E-state index is 0.250. The van der Waals surface area contributed by atoms with Crippen LogP contribution in [0.3, 0.4) is 0 Å². The summed E-state index contributed by atoms with van der Waals surface area (Å²) in [6.45, 7) is 7.40. The lowest BCUT2D eigenvalue weighted by atomic mass is 9.99. The van der Waals surface area contributed by atoms with Crippen LogP contribution in [0.1, 0.15) is 12.5 Å². The van der Waals surface area contributed by atoms with Crippen LogP contribution in [0.2, 0.25) is 0 Å². The fourth-order valence-electron chi connectivity index (χ4n) is 2.47. The molecule has 0 atom stereocenters. The van der Waals surface area contributed by atoms with E-state index in [-0.39, 0.29) is 12.5 Å². The molecule has 132 valence electrons. The third-order valence-corrected chi connectivity index (χ3v) is 3.90. The van der Waals surface area contributed by atoms with Gasteiger partial charge in [-0.2, -0.15) is 0 Å². The summed E-state index contributed by atoms with van der Waals surface area (Å²) >= 11 is 0. The van der Waals surface area contributed by atoms with Crippen molar-refractivity contribution < 1.29 is 14.3 Å². The standard InChI is InChI=1S/C21H25NO3/c1-16(2)19-14-18(17-8-6-5-7-9-17)10-11-20(19)25-13-12-22(3)15-21(23)24-4/h5-11,14H,1,12-13,15H2,2-4H3. The first kappa shape index (κ1) is 18.7. The van der Waals surface area contributed by atoms with E-state index >= 15 is 0 Å². The third kappa shape index (κ3) is 5.47. The number of rotatable bonds is 8. The average Bonchev–Trinajstić information content (AvgIpc) is 2.62. The zero-order valence-corrected chi connectivity index (χ0v) is 15.1. The Morgan fingerprint density at radius 3 is 2.48 bits per heavy atom. The molecule has 0 amide bonds. The monoisotopic (exact) mass is 339 g/mol. The van der Waals surface area contributed by atoms with Crippen LogP contribution in [-0.2, 0) is 9.53 Å². The Kier molecular flexibility index (Phi) is 6.78. The maximum atomic E-state index is 11.3. The maximum Gasteiger partial charge on any atom is 0.319 e. The Hall–Kier alpha value is -2.59. The number of likely N-dealkylation sites (N-methyl/N-ethyl adjacent to an activating group) is 1. The highest BCUT2D eigenvalue weighted by atomic mass is 16.5. The lowest BCUT2D eigenvalue weighted by Gasteiger charge is -2.17. The molecular formula is C21H25NO3. The van der Waals surface area contributed by atoms with Crippen LogP contribution < -0.4 is 4.74 Å². The van der Waals surface area contributed by atoms with Gasteiger partial charge in [-0.1, -0.05) is 43.0 Å². The van der Waals surface area contributed by atoms with E-state index in [2.05, 4.69) is 35.6 Å². The second kappa shape index (κ2) is 9.04. The molecule has 2 aromatic carbocycles. The molecule has 4 heteroatoms. The first-order valence-corrected chi connectivity index (χ1v) is 8.24. The normalized spacial score (nSPS) is 10.6. The summed E-state index contributed by atoms with van der Waals surface area (Å²) in [6.07, 6.45) is 0. The zero-order valence-electron chi connectivity index (χ0n) is 15.1. The number of allylic oxidation sites excluding steroid dienone is 1. The molecule has 0 unspecified atom stereocenters. The molecule has 0 aromatic heterocycles. The van der Waals surface area contributed by atoms with Crippen molar-refractivity contribution in [1.29, 1.82) is 0 Å². The zero-order chi connectivity index (χ0) is 18.2. The van der Waals surface area contributed by atoms with Gasteiger partial charge in [-0.25, -0.2) is 0 Å². The molecule has 2 aromatic rings. The summed E-state index contributed by atoms with van der Waals surface area (Å²) in [4.78, 5) is 13.1.